The van der Waals surface area contributed by atoms with Gasteiger partial charge in [0.05, 0.1) is 16.8 Å². The third kappa shape index (κ3) is 3.70. The molecule has 0 spiro atoms. The van der Waals surface area contributed by atoms with E-state index in [2.05, 4.69) is 5.32 Å². The van der Waals surface area contributed by atoms with Gasteiger partial charge in [0, 0.05) is 25.7 Å². The van der Waals surface area contributed by atoms with Crippen molar-refractivity contribution < 1.29 is 9.59 Å². The number of carbonyl (C=O) groups excluding carboxylic acids is 2. The molecule has 0 atom stereocenters. The number of hydrogen-bond acceptors (Lipinski definition) is 3. The number of nitrogens with zero attached hydrogens (tertiary/aromatic N) is 2. The van der Waals surface area contributed by atoms with Crippen molar-refractivity contribution in [1.29, 1.82) is 0 Å². The van der Waals surface area contributed by atoms with Crippen molar-refractivity contribution in [2.75, 3.05) is 20.6 Å². The second kappa shape index (κ2) is 7.29. The Hall–Kier alpha value is -2.31. The van der Waals surface area contributed by atoms with Gasteiger partial charge in [0.25, 0.3) is 5.91 Å². The molecule has 0 bridgehead atoms. The number of thiophene rings is 1. The highest BCUT2D eigenvalue weighted by atomic mass is 35.5. The Morgan fingerprint density at radius 3 is 2.72 bits per heavy atom. The lowest BCUT2D eigenvalue weighted by atomic mass is 10.2. The molecule has 0 fully saturated rings. The fraction of sp³-hybridized carbons (Fsp3) is 0.222. The molecule has 0 saturated heterocycles. The molecule has 0 aliphatic carbocycles. The minimum atomic E-state index is -0.273. The minimum Gasteiger partial charge on any atom is -0.347 e. The first kappa shape index (κ1) is 17.5. The predicted molar refractivity (Wildman–Crippen MR) is 101 cm³/mol. The zero-order chi connectivity index (χ0) is 18.0. The van der Waals surface area contributed by atoms with E-state index in [-0.39, 0.29) is 18.4 Å². The Labute approximate surface area is 154 Å². The van der Waals surface area contributed by atoms with Gasteiger partial charge in [-0.3, -0.25) is 9.59 Å². The summed E-state index contributed by atoms with van der Waals surface area (Å²) in [5.74, 6) is -0.426. The highest BCUT2D eigenvalue weighted by molar-refractivity contribution is 7.17. The van der Waals surface area contributed by atoms with E-state index in [1.165, 1.54) is 4.90 Å². The lowest BCUT2D eigenvalue weighted by molar-refractivity contribution is -0.127. The number of aromatic nitrogens is 1. The quantitative estimate of drug-likeness (QED) is 0.744. The van der Waals surface area contributed by atoms with Crippen LogP contribution in [-0.2, 0) is 11.3 Å². The Morgan fingerprint density at radius 2 is 2.00 bits per heavy atom. The summed E-state index contributed by atoms with van der Waals surface area (Å²) in [7, 11) is 3.31. The van der Waals surface area contributed by atoms with E-state index in [9.17, 15) is 9.59 Å². The Kier molecular flexibility index (Phi) is 5.11. The van der Waals surface area contributed by atoms with Gasteiger partial charge >= 0.3 is 0 Å². The molecule has 3 rings (SSSR count). The van der Waals surface area contributed by atoms with Gasteiger partial charge in [0.1, 0.15) is 5.69 Å². The average Bonchev–Trinajstić information content (AvgIpc) is 3.16. The fourth-order valence-corrected chi connectivity index (χ4v) is 3.55. The first-order valence-electron chi connectivity index (χ1n) is 7.76. The second-order valence-electron chi connectivity index (χ2n) is 5.85. The van der Waals surface area contributed by atoms with E-state index in [1.54, 1.807) is 25.4 Å². The van der Waals surface area contributed by atoms with Crippen LogP contribution in [0.1, 0.15) is 16.1 Å². The van der Waals surface area contributed by atoms with Crippen LogP contribution in [0.25, 0.3) is 10.2 Å². The van der Waals surface area contributed by atoms with E-state index < -0.39 is 0 Å². The molecular weight excluding hydrogens is 358 g/mol. The van der Waals surface area contributed by atoms with Crippen molar-refractivity contribution in [3.8, 4) is 0 Å². The molecule has 7 heteroatoms. The Bertz CT molecular complexity index is 929. The Balaban J connectivity index is 1.90. The molecule has 0 saturated carbocycles. The van der Waals surface area contributed by atoms with Gasteiger partial charge in [-0.2, -0.15) is 0 Å². The van der Waals surface area contributed by atoms with E-state index in [1.807, 2.05) is 46.3 Å². The van der Waals surface area contributed by atoms with Crippen molar-refractivity contribution >= 4 is 45.0 Å². The maximum atomic E-state index is 12.6. The van der Waals surface area contributed by atoms with Crippen LogP contribution in [0, 0.1) is 0 Å². The van der Waals surface area contributed by atoms with Crippen molar-refractivity contribution in [1.82, 2.24) is 14.8 Å². The number of carbonyl (C=O) groups is 2. The molecule has 1 N–H and O–H groups in total. The monoisotopic (exact) mass is 375 g/mol. The molecule has 0 aliphatic rings. The number of hydrogen-bond donors (Lipinski definition) is 1. The SMILES string of the molecule is CN(C)C(=O)CNC(=O)c1cc2sccc2n1Cc1ccccc1Cl. The molecule has 130 valence electrons. The number of rotatable bonds is 5. The number of fused-ring (bicyclic) bond motifs is 1. The standard InChI is InChI=1S/C18H18ClN3O2S/c1-21(2)17(23)10-20-18(24)15-9-16-14(7-8-25-16)22(15)11-12-5-3-4-6-13(12)19/h3-9H,10-11H2,1-2H3,(H,20,24). The third-order valence-electron chi connectivity index (χ3n) is 3.94. The van der Waals surface area contributed by atoms with E-state index >= 15 is 0 Å². The maximum Gasteiger partial charge on any atom is 0.268 e. The van der Waals surface area contributed by atoms with Crippen LogP contribution in [0.2, 0.25) is 5.02 Å². The summed E-state index contributed by atoms with van der Waals surface area (Å²) in [5.41, 5.74) is 2.44. The fourth-order valence-electron chi connectivity index (χ4n) is 2.54. The van der Waals surface area contributed by atoms with Crippen molar-refractivity contribution in [2.45, 2.75) is 6.54 Å². The smallest absolute Gasteiger partial charge is 0.268 e. The third-order valence-corrected chi connectivity index (χ3v) is 5.16. The zero-order valence-electron chi connectivity index (χ0n) is 14.0. The molecule has 2 heterocycles. The Morgan fingerprint density at radius 1 is 1.24 bits per heavy atom. The van der Waals surface area contributed by atoms with Crippen LogP contribution in [0.4, 0.5) is 0 Å². The maximum absolute atomic E-state index is 12.6. The summed E-state index contributed by atoms with van der Waals surface area (Å²) in [6, 6.07) is 11.4. The van der Waals surface area contributed by atoms with Gasteiger partial charge in [-0.15, -0.1) is 11.3 Å². The van der Waals surface area contributed by atoms with Crippen LogP contribution in [-0.4, -0.2) is 41.9 Å². The minimum absolute atomic E-state index is 0.0310. The first-order valence-corrected chi connectivity index (χ1v) is 9.01. The highest BCUT2D eigenvalue weighted by Gasteiger charge is 2.18. The summed E-state index contributed by atoms with van der Waals surface area (Å²) in [6.07, 6.45) is 0. The van der Waals surface area contributed by atoms with Gasteiger partial charge in [-0.25, -0.2) is 0 Å². The second-order valence-corrected chi connectivity index (χ2v) is 7.20. The first-order chi connectivity index (χ1) is 12.0. The number of amides is 2. The topological polar surface area (TPSA) is 54.3 Å². The molecule has 0 aliphatic heterocycles. The highest BCUT2D eigenvalue weighted by Crippen LogP contribution is 2.27. The van der Waals surface area contributed by atoms with E-state index in [4.69, 9.17) is 11.6 Å². The summed E-state index contributed by atoms with van der Waals surface area (Å²) in [6.45, 7) is 0.459. The molecule has 0 unspecified atom stereocenters. The van der Waals surface area contributed by atoms with Crippen molar-refractivity contribution in [2.24, 2.45) is 0 Å². The summed E-state index contributed by atoms with van der Waals surface area (Å²) >= 11 is 7.85. The van der Waals surface area contributed by atoms with Crippen LogP contribution < -0.4 is 5.32 Å². The number of benzene rings is 1. The van der Waals surface area contributed by atoms with Gasteiger partial charge in [-0.05, 0) is 29.1 Å². The molecule has 2 aromatic heterocycles. The molecule has 3 aromatic rings. The van der Waals surface area contributed by atoms with E-state index in [0.29, 0.717) is 17.3 Å². The lowest BCUT2D eigenvalue weighted by Gasteiger charge is -2.13. The van der Waals surface area contributed by atoms with Gasteiger partial charge in [0.15, 0.2) is 0 Å². The van der Waals surface area contributed by atoms with Crippen molar-refractivity contribution in [3.05, 3.63) is 58.1 Å². The lowest BCUT2D eigenvalue weighted by Crippen LogP contribution is -2.37. The average molecular weight is 376 g/mol. The molecule has 25 heavy (non-hydrogen) atoms. The van der Waals surface area contributed by atoms with Crippen LogP contribution in [0.3, 0.4) is 0 Å². The number of nitrogens with one attached hydrogen (secondary N) is 1. The van der Waals surface area contributed by atoms with E-state index in [0.717, 1.165) is 15.8 Å². The normalized spacial score (nSPS) is 10.8. The molecule has 1 aromatic carbocycles. The van der Waals surface area contributed by atoms with Crippen molar-refractivity contribution in [3.63, 3.8) is 0 Å². The molecule has 2 amide bonds. The molecular formula is C18H18ClN3O2S. The van der Waals surface area contributed by atoms with Gasteiger partial charge in [-0.1, -0.05) is 29.8 Å². The largest absolute Gasteiger partial charge is 0.347 e. The van der Waals surface area contributed by atoms with Crippen LogP contribution in [0.15, 0.2) is 41.8 Å². The molecule has 5 nitrogen and oxygen atoms in total. The number of likely N-dealkylation sites (N-methyl/N-ethyl adjacent to an activating group) is 1. The van der Waals surface area contributed by atoms with Gasteiger partial charge in [0.2, 0.25) is 5.91 Å². The summed E-state index contributed by atoms with van der Waals surface area (Å²) < 4.78 is 2.96. The molecule has 0 radical (unpaired) electrons. The summed E-state index contributed by atoms with van der Waals surface area (Å²) in [5, 5.41) is 5.34. The van der Waals surface area contributed by atoms with Crippen LogP contribution >= 0.6 is 22.9 Å². The van der Waals surface area contributed by atoms with Crippen LogP contribution in [0.5, 0.6) is 0 Å². The predicted octanol–water partition coefficient (Wildman–Crippen LogP) is 3.22. The summed E-state index contributed by atoms with van der Waals surface area (Å²) in [4.78, 5) is 25.8. The number of halogens is 1. The zero-order valence-corrected chi connectivity index (χ0v) is 15.5. The van der Waals surface area contributed by atoms with Gasteiger partial charge < -0.3 is 14.8 Å².